The number of likely N-dealkylation sites (tertiary alicyclic amines) is 1. The summed E-state index contributed by atoms with van der Waals surface area (Å²) in [6, 6.07) is 16.9. The molecule has 1 saturated carbocycles. The van der Waals surface area contributed by atoms with Gasteiger partial charge in [-0.2, -0.15) is 0 Å². The maximum atomic E-state index is 13.5. The number of para-hydroxylation sites is 1. The van der Waals surface area contributed by atoms with E-state index in [4.69, 9.17) is 4.74 Å². The summed E-state index contributed by atoms with van der Waals surface area (Å²) < 4.78 is 5.96. The van der Waals surface area contributed by atoms with Crippen LogP contribution in [0.25, 0.3) is 0 Å². The molecule has 2 aromatic carbocycles. The molecule has 6 nitrogen and oxygen atoms in total. The molecular formula is C30H40N2O4. The minimum absolute atomic E-state index is 0.0385. The van der Waals surface area contributed by atoms with Gasteiger partial charge < -0.3 is 20.1 Å². The van der Waals surface area contributed by atoms with Gasteiger partial charge in [0, 0.05) is 13.1 Å². The molecule has 2 aromatic rings. The second kappa shape index (κ2) is 12.9. The zero-order valence-corrected chi connectivity index (χ0v) is 21.4. The molecule has 0 aromatic heterocycles. The van der Waals surface area contributed by atoms with Crippen LogP contribution in [0.1, 0.15) is 70.3 Å². The normalized spacial score (nSPS) is 19.9. The topological polar surface area (TPSA) is 78.9 Å². The lowest BCUT2D eigenvalue weighted by molar-refractivity contribution is -0.139. The average molecular weight is 493 g/mol. The third-order valence-corrected chi connectivity index (χ3v) is 7.29. The molecule has 2 amide bonds. The molecule has 1 aliphatic heterocycles. The molecule has 4 rings (SSSR count). The van der Waals surface area contributed by atoms with Crippen LogP contribution >= 0.6 is 0 Å². The minimum Gasteiger partial charge on any atom is -0.457 e. The van der Waals surface area contributed by atoms with Gasteiger partial charge in [-0.05, 0) is 67.9 Å². The summed E-state index contributed by atoms with van der Waals surface area (Å²) in [5.41, 5.74) is 0.991. The molecule has 0 radical (unpaired) electrons. The van der Waals surface area contributed by atoms with E-state index in [1.165, 1.54) is 0 Å². The van der Waals surface area contributed by atoms with Gasteiger partial charge in [0.1, 0.15) is 17.5 Å². The Labute approximate surface area is 215 Å². The van der Waals surface area contributed by atoms with Crippen molar-refractivity contribution in [3.63, 3.8) is 0 Å². The Balaban J connectivity index is 1.39. The molecule has 0 unspecified atom stereocenters. The van der Waals surface area contributed by atoms with E-state index in [0.717, 1.165) is 62.0 Å². The number of aliphatic hydroxyl groups is 1. The van der Waals surface area contributed by atoms with Crippen LogP contribution in [0, 0.1) is 11.8 Å². The van der Waals surface area contributed by atoms with Crippen molar-refractivity contribution < 1.29 is 19.4 Å². The summed E-state index contributed by atoms with van der Waals surface area (Å²) in [6.45, 7) is 3.23. The van der Waals surface area contributed by atoms with Crippen molar-refractivity contribution in [2.24, 2.45) is 11.8 Å². The molecule has 194 valence electrons. The summed E-state index contributed by atoms with van der Waals surface area (Å²) in [7, 11) is 0. The number of rotatable bonds is 12. The summed E-state index contributed by atoms with van der Waals surface area (Å²) in [4.78, 5) is 28.6. The lowest BCUT2D eigenvalue weighted by atomic mass is 9.91. The second-order valence-corrected chi connectivity index (χ2v) is 10.4. The van der Waals surface area contributed by atoms with Gasteiger partial charge in [0.25, 0.3) is 0 Å². The van der Waals surface area contributed by atoms with E-state index in [9.17, 15) is 14.7 Å². The van der Waals surface area contributed by atoms with E-state index >= 15 is 0 Å². The van der Waals surface area contributed by atoms with Crippen LogP contribution in [0.15, 0.2) is 54.6 Å². The molecule has 36 heavy (non-hydrogen) atoms. The monoisotopic (exact) mass is 492 g/mol. The maximum absolute atomic E-state index is 13.5. The predicted octanol–water partition coefficient (Wildman–Crippen LogP) is 5.44. The fourth-order valence-corrected chi connectivity index (χ4v) is 4.99. The molecule has 6 heteroatoms. The first kappa shape index (κ1) is 26.2. The van der Waals surface area contributed by atoms with Crippen molar-refractivity contribution in [3.8, 4) is 11.5 Å². The molecular weight excluding hydrogens is 452 g/mol. The van der Waals surface area contributed by atoms with E-state index < -0.39 is 18.1 Å². The average Bonchev–Trinajstić information content (AvgIpc) is 3.72. The number of amides is 2. The number of benzene rings is 2. The number of ether oxygens (including phenoxy) is 1. The number of hydrogen-bond acceptors (Lipinski definition) is 4. The van der Waals surface area contributed by atoms with Gasteiger partial charge >= 0.3 is 0 Å². The van der Waals surface area contributed by atoms with Crippen LogP contribution in [-0.2, 0) is 16.1 Å². The molecule has 1 saturated heterocycles. The van der Waals surface area contributed by atoms with Crippen molar-refractivity contribution in [2.75, 3.05) is 6.54 Å². The Kier molecular flexibility index (Phi) is 9.40. The molecule has 1 aliphatic carbocycles. The largest absolute Gasteiger partial charge is 0.457 e. The SMILES string of the molecule is CCCC[C@H](O)[C@@H](CC1CC1)C(=O)N[C@H]1CCCCN(Cc2cccc(Oc3ccccc3)c2)C1=O. The fraction of sp³-hybridized carbons (Fsp3) is 0.533. The van der Waals surface area contributed by atoms with Gasteiger partial charge in [-0.25, -0.2) is 0 Å². The van der Waals surface area contributed by atoms with Gasteiger partial charge in [0.05, 0.1) is 12.0 Å². The van der Waals surface area contributed by atoms with Gasteiger partial charge in [-0.3, -0.25) is 9.59 Å². The van der Waals surface area contributed by atoms with E-state index in [1.54, 1.807) is 0 Å². The third-order valence-electron chi connectivity index (χ3n) is 7.29. The molecule has 0 bridgehead atoms. The van der Waals surface area contributed by atoms with Gasteiger partial charge in [0.2, 0.25) is 11.8 Å². The minimum atomic E-state index is -0.644. The fourth-order valence-electron chi connectivity index (χ4n) is 4.99. The Morgan fingerprint density at radius 2 is 1.86 bits per heavy atom. The number of aliphatic hydroxyl groups excluding tert-OH is 1. The van der Waals surface area contributed by atoms with Crippen LogP contribution in [-0.4, -0.2) is 40.5 Å². The molecule has 3 atom stereocenters. The van der Waals surface area contributed by atoms with Gasteiger partial charge in [-0.15, -0.1) is 0 Å². The first-order valence-electron chi connectivity index (χ1n) is 13.6. The van der Waals surface area contributed by atoms with Crippen molar-refractivity contribution in [3.05, 3.63) is 60.2 Å². The standard InChI is InChI=1S/C30H40N2O4/c1-2-3-15-28(33)26(20-22-16-17-22)29(34)31-27-14-7-8-18-32(30(27)35)21-23-10-9-13-25(19-23)36-24-11-5-4-6-12-24/h4-6,9-13,19,22,26-28,33H,2-3,7-8,14-18,20-21H2,1H3,(H,31,34)/t26-,27+,28+/m1/s1. The highest BCUT2D eigenvalue weighted by Gasteiger charge is 2.36. The lowest BCUT2D eigenvalue weighted by Crippen LogP contribution is -2.50. The Morgan fingerprint density at radius 1 is 1.08 bits per heavy atom. The van der Waals surface area contributed by atoms with Crippen molar-refractivity contribution in [1.29, 1.82) is 0 Å². The van der Waals surface area contributed by atoms with Gasteiger partial charge in [0.15, 0.2) is 0 Å². The van der Waals surface area contributed by atoms with E-state index in [1.807, 2.05) is 59.5 Å². The number of hydrogen-bond donors (Lipinski definition) is 2. The molecule has 2 N–H and O–H groups in total. The van der Waals surface area contributed by atoms with Crippen molar-refractivity contribution in [1.82, 2.24) is 10.2 Å². The van der Waals surface area contributed by atoms with Crippen LogP contribution in [0.5, 0.6) is 11.5 Å². The summed E-state index contributed by atoms with van der Waals surface area (Å²) in [5.74, 6) is 1.40. The molecule has 2 fully saturated rings. The van der Waals surface area contributed by atoms with Crippen molar-refractivity contribution >= 4 is 11.8 Å². The van der Waals surface area contributed by atoms with Crippen LogP contribution in [0.4, 0.5) is 0 Å². The Hall–Kier alpha value is -2.86. The highest BCUT2D eigenvalue weighted by atomic mass is 16.5. The smallest absolute Gasteiger partial charge is 0.245 e. The number of nitrogens with one attached hydrogen (secondary N) is 1. The zero-order chi connectivity index (χ0) is 25.3. The predicted molar refractivity (Wildman–Crippen MR) is 141 cm³/mol. The first-order valence-corrected chi connectivity index (χ1v) is 13.6. The third kappa shape index (κ3) is 7.57. The zero-order valence-electron chi connectivity index (χ0n) is 21.4. The summed E-state index contributed by atoms with van der Waals surface area (Å²) in [5, 5.41) is 13.8. The molecule has 0 spiro atoms. The lowest BCUT2D eigenvalue weighted by Gasteiger charge is -2.28. The van der Waals surface area contributed by atoms with Crippen molar-refractivity contribution in [2.45, 2.75) is 83.4 Å². The highest BCUT2D eigenvalue weighted by Crippen LogP contribution is 2.37. The number of carbonyl (C=O) groups is 2. The number of carbonyl (C=O) groups excluding carboxylic acids is 2. The molecule has 1 heterocycles. The highest BCUT2D eigenvalue weighted by molar-refractivity contribution is 5.89. The second-order valence-electron chi connectivity index (χ2n) is 10.4. The maximum Gasteiger partial charge on any atom is 0.245 e. The van der Waals surface area contributed by atoms with Crippen LogP contribution < -0.4 is 10.1 Å². The number of nitrogens with zero attached hydrogens (tertiary/aromatic N) is 1. The van der Waals surface area contributed by atoms with Crippen LogP contribution in [0.2, 0.25) is 0 Å². The quantitative estimate of drug-likeness (QED) is 0.413. The first-order chi connectivity index (χ1) is 17.5. The Bertz CT molecular complexity index is 991. The Morgan fingerprint density at radius 3 is 2.61 bits per heavy atom. The van der Waals surface area contributed by atoms with E-state index in [0.29, 0.717) is 31.8 Å². The van der Waals surface area contributed by atoms with E-state index in [-0.39, 0.29) is 11.8 Å². The van der Waals surface area contributed by atoms with Gasteiger partial charge in [-0.1, -0.05) is 62.9 Å². The van der Waals surface area contributed by atoms with E-state index in [2.05, 4.69) is 12.2 Å². The number of unbranched alkanes of at least 4 members (excludes halogenated alkanes) is 1. The van der Waals surface area contributed by atoms with Crippen LogP contribution in [0.3, 0.4) is 0 Å². The summed E-state index contributed by atoms with van der Waals surface area (Å²) >= 11 is 0. The molecule has 2 aliphatic rings. The summed E-state index contributed by atoms with van der Waals surface area (Å²) in [6.07, 6.45) is 7.29.